The molecule has 2 atom stereocenters. The highest BCUT2D eigenvalue weighted by molar-refractivity contribution is 6.35. The van der Waals surface area contributed by atoms with E-state index in [4.69, 9.17) is 23.2 Å². The Morgan fingerprint density at radius 1 is 0.824 bits per heavy atom. The summed E-state index contributed by atoms with van der Waals surface area (Å²) >= 11 is 12.7. The van der Waals surface area contributed by atoms with E-state index < -0.39 is 0 Å². The third kappa shape index (κ3) is 3.97. The molecule has 3 aromatic carbocycles. The maximum Gasteiger partial charge on any atom is 0.232 e. The molecular formula is C29H25Cl2NO2. The number of Topliss-reactive ketones (excluding diaryl/α,β-unsaturated/α-hetero) is 1. The second-order valence-electron chi connectivity index (χ2n) is 9.19. The van der Waals surface area contributed by atoms with Crippen molar-refractivity contribution >= 4 is 40.6 Å². The number of hydrogen-bond donors (Lipinski definition) is 0. The number of halogens is 2. The van der Waals surface area contributed by atoms with E-state index in [2.05, 4.69) is 12.1 Å². The Kier molecular flexibility index (Phi) is 6.09. The molecule has 1 amide bonds. The van der Waals surface area contributed by atoms with E-state index in [1.807, 2.05) is 61.2 Å². The van der Waals surface area contributed by atoms with Gasteiger partial charge in [-0.3, -0.25) is 14.5 Å². The van der Waals surface area contributed by atoms with Crippen LogP contribution in [-0.2, 0) is 9.59 Å². The summed E-state index contributed by atoms with van der Waals surface area (Å²) in [6.07, 6.45) is 1.22. The number of amides is 1. The van der Waals surface area contributed by atoms with Gasteiger partial charge in [-0.05, 0) is 60.6 Å². The van der Waals surface area contributed by atoms with Crippen molar-refractivity contribution in [2.24, 2.45) is 0 Å². The third-order valence-corrected chi connectivity index (χ3v) is 7.56. The van der Waals surface area contributed by atoms with E-state index in [0.717, 1.165) is 33.6 Å². The summed E-state index contributed by atoms with van der Waals surface area (Å²) in [5.74, 6) is -0.299. The maximum absolute atomic E-state index is 13.8. The minimum absolute atomic E-state index is 0.0197. The van der Waals surface area contributed by atoms with Gasteiger partial charge in [-0.15, -0.1) is 0 Å². The number of rotatable bonds is 3. The van der Waals surface area contributed by atoms with Crippen molar-refractivity contribution in [3.8, 4) is 0 Å². The van der Waals surface area contributed by atoms with Crippen LogP contribution in [0.1, 0.15) is 53.4 Å². The molecule has 1 heterocycles. The van der Waals surface area contributed by atoms with E-state index in [-0.39, 0.29) is 29.9 Å². The topological polar surface area (TPSA) is 37.4 Å². The van der Waals surface area contributed by atoms with Gasteiger partial charge in [-0.1, -0.05) is 77.8 Å². The first kappa shape index (κ1) is 22.9. The Hall–Kier alpha value is -2.88. The first-order chi connectivity index (χ1) is 16.3. The monoisotopic (exact) mass is 489 g/mol. The summed E-state index contributed by atoms with van der Waals surface area (Å²) < 4.78 is 0. The standard InChI is InChI=1S/C29H25Cl2NO2/c1-17-7-6-8-18(2)29(17)32-25-13-20(19-9-4-3-5-10-19)14-26(33)28(25)23(16-27(32)34)22-12-11-21(30)15-24(22)31/h3-12,15,20,23H,13-14,16H2,1-2H3. The van der Waals surface area contributed by atoms with Crippen molar-refractivity contribution in [3.63, 3.8) is 0 Å². The SMILES string of the molecule is Cc1cccc(C)c1N1C(=O)CC(c2ccc(Cl)cc2Cl)C2=C1CC(c1ccccc1)CC2=O. The van der Waals surface area contributed by atoms with Crippen LogP contribution < -0.4 is 4.90 Å². The molecule has 2 unspecified atom stereocenters. The highest BCUT2D eigenvalue weighted by atomic mass is 35.5. The van der Waals surface area contributed by atoms with Gasteiger partial charge in [0.25, 0.3) is 0 Å². The van der Waals surface area contributed by atoms with Crippen LogP contribution in [0.3, 0.4) is 0 Å². The lowest BCUT2D eigenvalue weighted by molar-refractivity contribution is -0.120. The fourth-order valence-corrected chi connectivity index (χ4v) is 6.00. The lowest BCUT2D eigenvalue weighted by Crippen LogP contribution is -2.42. The number of anilines is 1. The van der Waals surface area contributed by atoms with Gasteiger partial charge in [0.2, 0.25) is 5.91 Å². The quantitative estimate of drug-likeness (QED) is 0.381. The van der Waals surface area contributed by atoms with Gasteiger partial charge in [0.05, 0.1) is 5.69 Å². The third-order valence-electron chi connectivity index (χ3n) is 7.00. The predicted octanol–water partition coefficient (Wildman–Crippen LogP) is 7.53. The molecule has 0 N–H and O–H groups in total. The van der Waals surface area contributed by atoms with Crippen LogP contribution in [0.15, 0.2) is 78.0 Å². The Balaban J connectivity index is 1.71. The molecule has 3 aromatic rings. The Morgan fingerprint density at radius 2 is 1.53 bits per heavy atom. The van der Waals surface area contributed by atoms with Crippen molar-refractivity contribution in [1.82, 2.24) is 0 Å². The van der Waals surface area contributed by atoms with Crippen LogP contribution >= 0.6 is 23.2 Å². The number of hydrogen-bond acceptors (Lipinski definition) is 2. The minimum Gasteiger partial charge on any atom is -0.294 e. The second kappa shape index (κ2) is 9.05. The summed E-state index contributed by atoms with van der Waals surface area (Å²) in [4.78, 5) is 29.4. The summed E-state index contributed by atoms with van der Waals surface area (Å²) in [7, 11) is 0. The molecule has 5 heteroatoms. The molecule has 34 heavy (non-hydrogen) atoms. The highest BCUT2D eigenvalue weighted by Crippen LogP contribution is 2.49. The molecule has 172 valence electrons. The Morgan fingerprint density at radius 3 is 2.21 bits per heavy atom. The number of para-hydroxylation sites is 1. The molecule has 0 aromatic heterocycles. The lowest BCUT2D eigenvalue weighted by atomic mass is 9.72. The molecule has 0 radical (unpaired) electrons. The summed E-state index contributed by atoms with van der Waals surface area (Å²) in [5, 5.41) is 1.01. The minimum atomic E-state index is -0.378. The van der Waals surface area contributed by atoms with Crippen LogP contribution in [0.4, 0.5) is 5.69 Å². The zero-order valence-corrected chi connectivity index (χ0v) is 20.7. The molecule has 1 aliphatic heterocycles. The second-order valence-corrected chi connectivity index (χ2v) is 10.0. The number of nitrogens with zero attached hydrogens (tertiary/aromatic N) is 1. The number of carbonyl (C=O) groups is 2. The summed E-state index contributed by atoms with van der Waals surface area (Å²) in [6.45, 7) is 4.02. The van der Waals surface area contributed by atoms with E-state index in [1.54, 1.807) is 12.1 Å². The highest BCUT2D eigenvalue weighted by Gasteiger charge is 2.43. The van der Waals surface area contributed by atoms with E-state index in [0.29, 0.717) is 28.5 Å². The van der Waals surface area contributed by atoms with Gasteiger partial charge in [0.1, 0.15) is 0 Å². The van der Waals surface area contributed by atoms with Gasteiger partial charge < -0.3 is 0 Å². The van der Waals surface area contributed by atoms with Crippen molar-refractivity contribution in [2.45, 2.75) is 44.9 Å². The van der Waals surface area contributed by atoms with Crippen LogP contribution in [0.2, 0.25) is 10.0 Å². The van der Waals surface area contributed by atoms with Gasteiger partial charge in [-0.25, -0.2) is 0 Å². The smallest absolute Gasteiger partial charge is 0.232 e. The largest absolute Gasteiger partial charge is 0.294 e. The normalized spacial score (nSPS) is 20.5. The van der Waals surface area contributed by atoms with Crippen LogP contribution in [0.5, 0.6) is 0 Å². The molecule has 5 rings (SSSR count). The number of allylic oxidation sites excluding steroid dienone is 2. The first-order valence-corrected chi connectivity index (χ1v) is 12.3. The van der Waals surface area contributed by atoms with Gasteiger partial charge in [-0.2, -0.15) is 0 Å². The molecule has 0 spiro atoms. The van der Waals surface area contributed by atoms with Crippen LogP contribution in [-0.4, -0.2) is 11.7 Å². The molecule has 0 bridgehead atoms. The van der Waals surface area contributed by atoms with Crippen molar-refractivity contribution < 1.29 is 9.59 Å². The Labute approximate surface area is 210 Å². The maximum atomic E-state index is 13.8. The van der Waals surface area contributed by atoms with E-state index in [1.165, 1.54) is 0 Å². The van der Waals surface area contributed by atoms with Crippen molar-refractivity contribution in [2.75, 3.05) is 4.90 Å². The molecular weight excluding hydrogens is 465 g/mol. The van der Waals surface area contributed by atoms with Crippen molar-refractivity contribution in [1.29, 1.82) is 0 Å². The molecule has 2 aliphatic rings. The average Bonchev–Trinajstić information content (AvgIpc) is 2.80. The van der Waals surface area contributed by atoms with Crippen molar-refractivity contribution in [3.05, 3.63) is 110 Å². The van der Waals surface area contributed by atoms with E-state index in [9.17, 15) is 9.59 Å². The lowest BCUT2D eigenvalue weighted by Gasteiger charge is -2.41. The summed E-state index contributed by atoms with van der Waals surface area (Å²) in [5.41, 5.74) is 6.30. The van der Waals surface area contributed by atoms with Gasteiger partial charge in [0.15, 0.2) is 5.78 Å². The molecule has 0 saturated carbocycles. The molecule has 1 aliphatic carbocycles. The number of benzene rings is 3. The number of carbonyl (C=O) groups excluding carboxylic acids is 2. The molecule has 0 saturated heterocycles. The summed E-state index contributed by atoms with van der Waals surface area (Å²) in [6, 6.07) is 21.4. The van der Waals surface area contributed by atoms with E-state index >= 15 is 0 Å². The average molecular weight is 490 g/mol. The fraction of sp³-hybridized carbons (Fsp3) is 0.241. The zero-order chi connectivity index (χ0) is 24.0. The van der Waals surface area contributed by atoms with Crippen LogP contribution in [0, 0.1) is 13.8 Å². The number of ketones is 1. The predicted molar refractivity (Wildman–Crippen MR) is 138 cm³/mol. The molecule has 3 nitrogen and oxygen atoms in total. The fourth-order valence-electron chi connectivity index (χ4n) is 5.46. The molecule has 0 fully saturated rings. The van der Waals surface area contributed by atoms with Gasteiger partial charge in [0, 0.05) is 40.1 Å². The number of aryl methyl sites for hydroxylation is 2. The Bertz CT molecular complexity index is 1310. The van der Waals surface area contributed by atoms with Crippen LogP contribution in [0.25, 0.3) is 0 Å². The zero-order valence-electron chi connectivity index (χ0n) is 19.1. The first-order valence-electron chi connectivity index (χ1n) is 11.5. The van der Waals surface area contributed by atoms with Gasteiger partial charge >= 0.3 is 0 Å².